The fraction of sp³-hybridized carbons (Fsp3) is 0.500. The Morgan fingerprint density at radius 1 is 0.863 bits per heavy atom. The molecule has 0 saturated carbocycles. The van der Waals surface area contributed by atoms with Crippen LogP contribution in [0.25, 0.3) is 0 Å². The summed E-state index contributed by atoms with van der Waals surface area (Å²) in [6.45, 7) is -0.859. The molecular formula is C30H35N2O19+. The van der Waals surface area contributed by atoms with E-state index in [9.17, 15) is 75.3 Å². The van der Waals surface area contributed by atoms with Crippen LogP contribution in [0.1, 0.15) is 12.0 Å². The van der Waals surface area contributed by atoms with Crippen LogP contribution in [0.15, 0.2) is 35.6 Å². The fourth-order valence-corrected chi connectivity index (χ4v) is 6.03. The highest BCUT2D eigenvalue weighted by atomic mass is 16.8. The van der Waals surface area contributed by atoms with Gasteiger partial charge in [-0.1, -0.05) is 0 Å². The van der Waals surface area contributed by atoms with Crippen LogP contribution in [0.3, 0.4) is 0 Å². The number of aliphatic hydroxyl groups is 6. The molecular weight excluding hydrogens is 692 g/mol. The van der Waals surface area contributed by atoms with Crippen molar-refractivity contribution in [2.45, 2.75) is 86.3 Å². The number of benzene rings is 1. The second-order valence-corrected chi connectivity index (χ2v) is 12.1. The molecule has 12 N–H and O–H groups in total. The van der Waals surface area contributed by atoms with Gasteiger partial charge in [0, 0.05) is 18.1 Å². The van der Waals surface area contributed by atoms with Gasteiger partial charge in [-0.15, -0.1) is 0 Å². The molecule has 0 radical (unpaired) electrons. The number of ether oxygens (including phenoxy) is 4. The zero-order valence-corrected chi connectivity index (χ0v) is 26.1. The van der Waals surface area contributed by atoms with Crippen LogP contribution in [0.5, 0.6) is 11.5 Å². The highest BCUT2D eigenvalue weighted by molar-refractivity contribution is 5.89. The molecule has 51 heavy (non-hydrogen) atoms. The van der Waals surface area contributed by atoms with Crippen molar-refractivity contribution in [3.63, 3.8) is 0 Å². The predicted molar refractivity (Wildman–Crippen MR) is 160 cm³/mol. The van der Waals surface area contributed by atoms with Crippen LogP contribution in [0, 0.1) is 0 Å². The van der Waals surface area contributed by atoms with Crippen LogP contribution >= 0.6 is 0 Å². The quantitative estimate of drug-likeness (QED) is 0.101. The number of carboxylic acids is 4. The van der Waals surface area contributed by atoms with Crippen LogP contribution < -0.4 is 10.1 Å². The number of nitrogens with zero attached hydrogens (tertiary/aromatic N) is 1. The van der Waals surface area contributed by atoms with Crippen LogP contribution in [-0.2, 0) is 39.8 Å². The number of allylic oxidation sites excluding steroid dienone is 2. The number of phenolic OH excluding ortho intramolecular Hbond substituents is 1. The van der Waals surface area contributed by atoms with Gasteiger partial charge in [-0.2, -0.15) is 4.58 Å². The third-order valence-electron chi connectivity index (χ3n) is 8.72. The van der Waals surface area contributed by atoms with Crippen molar-refractivity contribution < 1.29 is 98.9 Å². The van der Waals surface area contributed by atoms with Gasteiger partial charge in [-0.25, -0.2) is 19.2 Å². The Kier molecular flexibility index (Phi) is 10.9. The summed E-state index contributed by atoms with van der Waals surface area (Å²) in [6.07, 6.45) is -16.0. The van der Waals surface area contributed by atoms with E-state index in [1.807, 2.05) is 0 Å². The smallest absolute Gasteiger partial charge is 0.373 e. The lowest BCUT2D eigenvalue weighted by molar-refractivity contribution is -0.456. The summed E-state index contributed by atoms with van der Waals surface area (Å²) in [5, 5.41) is 113. The molecule has 4 aliphatic rings. The second-order valence-electron chi connectivity index (χ2n) is 12.1. The molecule has 4 heterocycles. The van der Waals surface area contributed by atoms with Gasteiger partial charge < -0.3 is 80.4 Å². The molecule has 2 fully saturated rings. The zero-order valence-electron chi connectivity index (χ0n) is 26.1. The highest BCUT2D eigenvalue weighted by Crippen LogP contribution is 2.41. The SMILES string of the molecule is O=C(O)C1=C/C(=C/C=[N+]2c3cc(O)c(O[C@@H]4O[C@H](CO)[C@@H](O)[C@H](O)[C@H]4O[C@@H]4O[C@H](C(=O)O)[C@@H](O)[C@H](O)[C@H]4O)cc3C[C@H]2C(=O)O)C[C@@H](C(=O)O)N1. The highest BCUT2D eigenvalue weighted by Gasteiger charge is 2.53. The molecule has 278 valence electrons. The van der Waals surface area contributed by atoms with Gasteiger partial charge in [0.2, 0.25) is 12.0 Å². The molecule has 0 spiro atoms. The van der Waals surface area contributed by atoms with Crippen molar-refractivity contribution in [3.05, 3.63) is 41.1 Å². The van der Waals surface area contributed by atoms with E-state index in [0.717, 1.165) is 6.07 Å². The van der Waals surface area contributed by atoms with E-state index in [0.29, 0.717) is 0 Å². The van der Waals surface area contributed by atoms with E-state index < -0.39 is 121 Å². The molecule has 2 saturated heterocycles. The largest absolute Gasteiger partial charge is 0.504 e. The molecule has 1 aromatic rings. The third-order valence-corrected chi connectivity index (χ3v) is 8.72. The average Bonchev–Trinajstić information content (AvgIpc) is 3.43. The average molecular weight is 728 g/mol. The van der Waals surface area contributed by atoms with Crippen LogP contribution in [-0.4, -0.2) is 171 Å². The fourth-order valence-electron chi connectivity index (χ4n) is 6.03. The van der Waals surface area contributed by atoms with Gasteiger partial charge >= 0.3 is 23.9 Å². The lowest BCUT2D eigenvalue weighted by Crippen LogP contribution is -2.65. The van der Waals surface area contributed by atoms with E-state index in [1.54, 1.807) is 0 Å². The Morgan fingerprint density at radius 2 is 1.57 bits per heavy atom. The second kappa shape index (κ2) is 14.9. The molecule has 0 amide bonds. The zero-order chi connectivity index (χ0) is 37.5. The number of aromatic hydroxyl groups is 1. The van der Waals surface area contributed by atoms with E-state index in [4.69, 9.17) is 18.9 Å². The standard InChI is InChI=1S/C30H34N2O19/c33-8-17-18(35)20(37)24(51-29-22(39)19(36)21(38)23(50-29)28(46)47)30(49-17)48-16-6-10-5-14(27(44)45)32(13(10)7-15(16)34)2-1-9-3-11(25(40)41)31-12(4-9)26(42)43/h1-3,6-7,12,14,17-24,29-30,33,35-39H,4-5,8H2,(H5,34,40,41,42,43,44,45,46,47)/p+1/t12-,14-,17+,18+,19-,20-,21-,22+,23-,24+,29-,30+/m0/s1. The van der Waals surface area contributed by atoms with Crippen LogP contribution in [0.2, 0.25) is 0 Å². The monoisotopic (exact) mass is 727 g/mol. The number of phenols is 1. The van der Waals surface area contributed by atoms with Crippen molar-refractivity contribution in [1.29, 1.82) is 0 Å². The maximum absolute atomic E-state index is 12.2. The Labute approximate surface area is 285 Å². The van der Waals surface area contributed by atoms with E-state index in [2.05, 4.69) is 5.32 Å². The molecule has 5 rings (SSSR count). The van der Waals surface area contributed by atoms with Gasteiger partial charge in [0.05, 0.1) is 19.1 Å². The number of hydrogen-bond donors (Lipinski definition) is 12. The summed E-state index contributed by atoms with van der Waals surface area (Å²) < 4.78 is 23.2. The van der Waals surface area contributed by atoms with E-state index in [-0.39, 0.29) is 29.7 Å². The number of aliphatic carboxylic acids is 4. The number of carboxylic acid groups (broad SMARTS) is 4. The first-order valence-electron chi connectivity index (χ1n) is 15.2. The van der Waals surface area contributed by atoms with Gasteiger partial charge in [0.25, 0.3) is 6.04 Å². The van der Waals surface area contributed by atoms with Crippen molar-refractivity contribution in [2.24, 2.45) is 0 Å². The first-order chi connectivity index (χ1) is 24.0. The molecule has 0 unspecified atom stereocenters. The topological polar surface area (TPSA) is 343 Å². The van der Waals surface area contributed by atoms with E-state index >= 15 is 0 Å². The number of fused-ring (bicyclic) bond motifs is 1. The summed E-state index contributed by atoms with van der Waals surface area (Å²) >= 11 is 0. The summed E-state index contributed by atoms with van der Waals surface area (Å²) in [4.78, 5) is 46.8. The molecule has 0 aromatic heterocycles. The minimum Gasteiger partial charge on any atom is -0.504 e. The van der Waals surface area contributed by atoms with Crippen molar-refractivity contribution in [2.75, 3.05) is 6.61 Å². The summed E-state index contributed by atoms with van der Waals surface area (Å²) in [6, 6.07) is -0.208. The van der Waals surface area contributed by atoms with Gasteiger partial charge in [0.15, 0.2) is 36.2 Å². The lowest BCUT2D eigenvalue weighted by Gasteiger charge is -2.45. The first kappa shape index (κ1) is 37.5. The Morgan fingerprint density at radius 3 is 2.18 bits per heavy atom. The summed E-state index contributed by atoms with van der Waals surface area (Å²) in [7, 11) is 0. The number of carbonyl (C=O) groups is 4. The van der Waals surface area contributed by atoms with Crippen LogP contribution in [0.4, 0.5) is 5.69 Å². The molecule has 1 aromatic carbocycles. The number of nitrogens with one attached hydrogen (secondary N) is 1. The minimum atomic E-state index is -2.09. The Balaban J connectivity index is 1.46. The normalized spacial score (nSPS) is 36.5. The number of rotatable bonds is 10. The van der Waals surface area contributed by atoms with Gasteiger partial charge in [-0.3, -0.25) is 0 Å². The summed E-state index contributed by atoms with van der Waals surface area (Å²) in [5.74, 6) is -6.79. The molecule has 4 aliphatic heterocycles. The molecule has 21 nitrogen and oxygen atoms in total. The predicted octanol–water partition coefficient (Wildman–Crippen LogP) is -4.45. The molecule has 0 aliphatic carbocycles. The van der Waals surface area contributed by atoms with Gasteiger partial charge in [0.1, 0.15) is 48.4 Å². The first-order valence-corrected chi connectivity index (χ1v) is 15.2. The Hall–Kier alpha value is -4.71. The maximum atomic E-state index is 12.2. The van der Waals surface area contributed by atoms with Crippen molar-refractivity contribution in [3.8, 4) is 11.5 Å². The Bertz CT molecular complexity index is 1660. The minimum absolute atomic E-state index is 0.140. The third kappa shape index (κ3) is 7.51. The lowest BCUT2D eigenvalue weighted by atomic mass is 9.97. The number of aliphatic hydroxyl groups excluding tert-OH is 6. The maximum Gasteiger partial charge on any atom is 0.373 e. The molecule has 0 bridgehead atoms. The summed E-state index contributed by atoms with van der Waals surface area (Å²) in [5.41, 5.74) is 0.282. The van der Waals surface area contributed by atoms with Crippen molar-refractivity contribution in [1.82, 2.24) is 5.32 Å². The molecule has 12 atom stereocenters. The van der Waals surface area contributed by atoms with E-state index in [1.165, 1.54) is 29.0 Å². The van der Waals surface area contributed by atoms with Crippen molar-refractivity contribution >= 4 is 35.8 Å². The molecule has 21 heteroatoms. The van der Waals surface area contributed by atoms with Gasteiger partial charge in [-0.05, 0) is 17.7 Å². The number of hydrogen-bond acceptors (Lipinski definition) is 16.